The van der Waals surface area contributed by atoms with Crippen molar-refractivity contribution in [3.8, 4) is 0 Å². The molecule has 5 heterocycles. The fourth-order valence-corrected chi connectivity index (χ4v) is 5.06. The van der Waals surface area contributed by atoms with E-state index in [4.69, 9.17) is 0 Å². The molecule has 4 nitrogen and oxygen atoms in total. The molecule has 0 N–H and O–H groups in total. The number of benzene rings is 1. The number of hydrogen-bond donors (Lipinski definition) is 0. The monoisotopic (exact) mass is 378 g/mol. The van der Waals surface area contributed by atoms with Crippen LogP contribution >= 0.6 is 0 Å². The molecule has 5 heteroatoms. The number of pyridine rings is 1. The van der Waals surface area contributed by atoms with E-state index in [0.29, 0.717) is 6.04 Å². The molecule has 2 bridgehead atoms. The van der Waals surface area contributed by atoms with E-state index in [9.17, 15) is 4.39 Å². The van der Waals surface area contributed by atoms with Crippen LogP contribution in [0.3, 0.4) is 0 Å². The van der Waals surface area contributed by atoms with Gasteiger partial charge in [0.1, 0.15) is 5.82 Å². The van der Waals surface area contributed by atoms with Gasteiger partial charge in [-0.25, -0.2) is 4.39 Å². The molecule has 3 aliphatic rings. The predicted octanol–water partition coefficient (Wildman–Crippen LogP) is 3.81. The minimum atomic E-state index is -0.163. The molecule has 1 aromatic carbocycles. The summed E-state index contributed by atoms with van der Waals surface area (Å²) in [5, 5.41) is 0.995. The fourth-order valence-electron chi connectivity index (χ4n) is 5.06. The first kappa shape index (κ1) is 17.8. The van der Waals surface area contributed by atoms with Gasteiger partial charge >= 0.3 is 0 Å². The quantitative estimate of drug-likeness (QED) is 0.690. The third kappa shape index (κ3) is 3.45. The Morgan fingerprint density at radius 1 is 1.04 bits per heavy atom. The van der Waals surface area contributed by atoms with Crippen LogP contribution in [0.15, 0.2) is 48.7 Å². The second-order valence-electron chi connectivity index (χ2n) is 8.44. The Morgan fingerprint density at radius 2 is 1.96 bits per heavy atom. The van der Waals surface area contributed by atoms with Crippen molar-refractivity contribution in [3.63, 3.8) is 0 Å². The van der Waals surface area contributed by atoms with Crippen molar-refractivity contribution in [3.05, 3.63) is 65.9 Å². The van der Waals surface area contributed by atoms with Gasteiger partial charge in [0.05, 0.1) is 5.69 Å². The summed E-state index contributed by atoms with van der Waals surface area (Å²) in [6.45, 7) is 5.29. The van der Waals surface area contributed by atoms with E-state index in [0.717, 1.165) is 55.2 Å². The van der Waals surface area contributed by atoms with Crippen molar-refractivity contribution in [1.82, 2.24) is 19.4 Å². The van der Waals surface area contributed by atoms with Crippen LogP contribution < -0.4 is 0 Å². The summed E-state index contributed by atoms with van der Waals surface area (Å²) in [6, 6.07) is 14.0. The maximum absolute atomic E-state index is 13.6. The number of aryl methyl sites for hydroxylation is 1. The normalized spacial score (nSPS) is 23.4. The topological polar surface area (TPSA) is 24.3 Å². The van der Waals surface area contributed by atoms with Gasteiger partial charge in [-0.05, 0) is 55.2 Å². The van der Waals surface area contributed by atoms with Gasteiger partial charge in [0, 0.05) is 68.6 Å². The minimum Gasteiger partial charge on any atom is -0.346 e. The van der Waals surface area contributed by atoms with Crippen molar-refractivity contribution < 1.29 is 4.39 Å². The molecule has 2 atom stereocenters. The second kappa shape index (κ2) is 7.30. The highest BCUT2D eigenvalue weighted by atomic mass is 19.1. The van der Waals surface area contributed by atoms with Crippen LogP contribution in [-0.2, 0) is 20.1 Å². The number of hydrogen-bond acceptors (Lipinski definition) is 3. The number of rotatable bonds is 4. The zero-order valence-corrected chi connectivity index (χ0v) is 16.4. The zero-order chi connectivity index (χ0) is 19.1. The summed E-state index contributed by atoms with van der Waals surface area (Å²) >= 11 is 0. The molecule has 0 saturated carbocycles. The molecule has 28 heavy (non-hydrogen) atoms. The second-order valence-corrected chi connectivity index (χ2v) is 8.44. The lowest BCUT2D eigenvalue weighted by molar-refractivity contribution is 0.120. The van der Waals surface area contributed by atoms with Crippen LogP contribution in [0.25, 0.3) is 10.9 Å². The third-order valence-corrected chi connectivity index (χ3v) is 6.48. The smallest absolute Gasteiger partial charge is 0.123 e. The molecule has 3 aliphatic heterocycles. The Kier molecular flexibility index (Phi) is 4.65. The molecule has 2 unspecified atom stereocenters. The van der Waals surface area contributed by atoms with Crippen molar-refractivity contribution in [2.24, 2.45) is 13.0 Å². The van der Waals surface area contributed by atoms with E-state index in [1.807, 2.05) is 18.3 Å². The number of aromatic nitrogens is 2. The van der Waals surface area contributed by atoms with E-state index in [1.54, 1.807) is 12.1 Å². The molecular formula is C23H27FN4. The molecule has 3 fully saturated rings. The molecule has 3 aromatic rings. The number of nitrogens with zero attached hydrogens (tertiary/aromatic N) is 4. The van der Waals surface area contributed by atoms with E-state index < -0.39 is 0 Å². The zero-order valence-electron chi connectivity index (χ0n) is 16.4. The van der Waals surface area contributed by atoms with Crippen molar-refractivity contribution in [1.29, 1.82) is 0 Å². The van der Waals surface area contributed by atoms with Crippen LogP contribution in [0, 0.1) is 11.7 Å². The largest absolute Gasteiger partial charge is 0.346 e. The van der Waals surface area contributed by atoms with Gasteiger partial charge in [0.15, 0.2) is 0 Å². The number of fused-ring (bicyclic) bond motifs is 5. The van der Waals surface area contributed by atoms with E-state index in [-0.39, 0.29) is 5.82 Å². The molecule has 0 spiro atoms. The lowest BCUT2D eigenvalue weighted by Gasteiger charge is -2.36. The van der Waals surface area contributed by atoms with Gasteiger partial charge in [-0.2, -0.15) is 0 Å². The predicted molar refractivity (Wildman–Crippen MR) is 109 cm³/mol. The Hall–Kier alpha value is -2.24. The number of halogens is 1. The maximum atomic E-state index is 13.6. The first-order valence-corrected chi connectivity index (χ1v) is 10.3. The van der Waals surface area contributed by atoms with Crippen LogP contribution in [0.2, 0.25) is 0 Å². The minimum absolute atomic E-state index is 0.163. The SMILES string of the molecule is Cn1c(CN2CC3CCC2CN(Cc2ccccn2)C3)cc2cc(F)ccc21. The van der Waals surface area contributed by atoms with Crippen LogP contribution in [0.4, 0.5) is 4.39 Å². The van der Waals surface area contributed by atoms with Crippen LogP contribution in [0.1, 0.15) is 24.2 Å². The third-order valence-electron chi connectivity index (χ3n) is 6.48. The average molecular weight is 378 g/mol. The highest BCUT2D eigenvalue weighted by Gasteiger charge is 2.35. The van der Waals surface area contributed by atoms with E-state index in [1.165, 1.54) is 18.5 Å². The molecule has 0 aliphatic carbocycles. The standard InChI is InChI=1S/C23H27FN4/c1-26-22(11-18-10-19(24)6-8-23(18)26)16-28-13-17-5-7-21(28)15-27(12-17)14-20-4-2-3-9-25-20/h2-4,6,8-11,17,21H,5,7,12-16H2,1H3. The molecule has 0 amide bonds. The molecular weight excluding hydrogens is 351 g/mol. The molecule has 2 aromatic heterocycles. The first-order chi connectivity index (χ1) is 13.7. The summed E-state index contributed by atoms with van der Waals surface area (Å²) in [5.74, 6) is 0.554. The van der Waals surface area contributed by atoms with Crippen molar-refractivity contribution in [2.75, 3.05) is 19.6 Å². The fraction of sp³-hybridized carbons (Fsp3) is 0.435. The van der Waals surface area contributed by atoms with Gasteiger partial charge in [-0.3, -0.25) is 14.8 Å². The molecule has 0 radical (unpaired) electrons. The van der Waals surface area contributed by atoms with Gasteiger partial charge in [0.2, 0.25) is 0 Å². The van der Waals surface area contributed by atoms with Gasteiger partial charge < -0.3 is 4.57 Å². The van der Waals surface area contributed by atoms with Gasteiger partial charge in [-0.15, -0.1) is 0 Å². The Morgan fingerprint density at radius 3 is 2.82 bits per heavy atom. The summed E-state index contributed by atoms with van der Waals surface area (Å²) < 4.78 is 15.8. The highest BCUT2D eigenvalue weighted by Crippen LogP contribution is 2.31. The lowest BCUT2D eigenvalue weighted by atomic mass is 9.95. The lowest BCUT2D eigenvalue weighted by Crippen LogP contribution is -2.43. The first-order valence-electron chi connectivity index (χ1n) is 10.3. The van der Waals surface area contributed by atoms with Crippen molar-refractivity contribution >= 4 is 10.9 Å². The van der Waals surface area contributed by atoms with E-state index >= 15 is 0 Å². The van der Waals surface area contributed by atoms with Gasteiger partial charge in [-0.1, -0.05) is 6.07 Å². The maximum Gasteiger partial charge on any atom is 0.123 e. The molecule has 3 saturated heterocycles. The Labute approximate surface area is 165 Å². The Bertz CT molecular complexity index is 967. The molecule has 6 rings (SSSR count). The van der Waals surface area contributed by atoms with E-state index in [2.05, 4.69) is 44.6 Å². The van der Waals surface area contributed by atoms with Crippen LogP contribution in [-0.4, -0.2) is 45.0 Å². The summed E-state index contributed by atoms with van der Waals surface area (Å²) in [4.78, 5) is 9.75. The van der Waals surface area contributed by atoms with Crippen LogP contribution in [0.5, 0.6) is 0 Å². The average Bonchev–Trinajstić information content (AvgIpc) is 2.83. The molecule has 146 valence electrons. The van der Waals surface area contributed by atoms with Gasteiger partial charge in [0.25, 0.3) is 0 Å². The van der Waals surface area contributed by atoms with Crippen molar-refractivity contribution in [2.45, 2.75) is 32.0 Å². The summed E-state index contributed by atoms with van der Waals surface area (Å²) in [7, 11) is 2.10. The Balaban J connectivity index is 1.34. The highest BCUT2D eigenvalue weighted by molar-refractivity contribution is 5.81. The summed E-state index contributed by atoms with van der Waals surface area (Å²) in [5.41, 5.74) is 3.53. The number of piperidine rings is 1. The summed E-state index contributed by atoms with van der Waals surface area (Å²) in [6.07, 6.45) is 4.47.